The summed E-state index contributed by atoms with van der Waals surface area (Å²) in [6.07, 6.45) is 0. The van der Waals surface area contributed by atoms with E-state index < -0.39 is 6.04 Å². The molecular weight excluding hydrogens is 286 g/mol. The third-order valence-electron chi connectivity index (χ3n) is 3.49. The Kier molecular flexibility index (Phi) is 3.98. The largest absolute Gasteiger partial charge is 0.300 e. The maximum atomic E-state index is 12.4. The van der Waals surface area contributed by atoms with Gasteiger partial charge in [0.2, 0.25) is 5.91 Å². The Hall–Kier alpha value is -1.80. The van der Waals surface area contributed by atoms with E-state index in [4.69, 9.17) is 0 Å². The summed E-state index contributed by atoms with van der Waals surface area (Å²) in [6.45, 7) is 3.93. The highest BCUT2D eigenvalue weighted by Gasteiger charge is 2.34. The number of hydrogen-bond acceptors (Lipinski definition) is 6. The average molecular weight is 303 g/mol. The Bertz CT molecular complexity index is 623. The fraction of sp³-hybridized carbons (Fsp3) is 0.286. The Balaban J connectivity index is 1.74. The number of carbonyl (C=O) groups is 1. The average Bonchev–Trinajstić information content (AvgIpc) is 3.07. The van der Waals surface area contributed by atoms with Gasteiger partial charge in [0.25, 0.3) is 0 Å². The molecule has 110 valence electrons. The molecule has 4 N–H and O–H groups in total. The van der Waals surface area contributed by atoms with Crippen molar-refractivity contribution >= 4 is 22.4 Å². The summed E-state index contributed by atoms with van der Waals surface area (Å²) < 4.78 is 0. The first-order chi connectivity index (χ1) is 10.1. The lowest BCUT2D eigenvalue weighted by molar-refractivity contribution is -0.118. The minimum Gasteiger partial charge on any atom is -0.300 e. The highest BCUT2D eigenvalue weighted by atomic mass is 32.1. The zero-order valence-electron chi connectivity index (χ0n) is 11.8. The predicted octanol–water partition coefficient (Wildman–Crippen LogP) is 1.42. The molecule has 0 bridgehead atoms. The second kappa shape index (κ2) is 5.90. The number of hydrogen-bond donors (Lipinski definition) is 4. The number of anilines is 1. The van der Waals surface area contributed by atoms with Crippen LogP contribution >= 0.6 is 11.3 Å². The molecular formula is C14H17N5OS. The Labute approximate surface area is 126 Å². The number of thiazole rings is 1. The number of carbonyl (C=O) groups excluding carboxylic acids is 1. The van der Waals surface area contributed by atoms with Crippen LogP contribution < -0.4 is 21.7 Å². The van der Waals surface area contributed by atoms with E-state index >= 15 is 0 Å². The van der Waals surface area contributed by atoms with Crippen molar-refractivity contribution in [1.29, 1.82) is 0 Å². The van der Waals surface area contributed by atoms with Crippen LogP contribution in [-0.2, 0) is 4.79 Å². The van der Waals surface area contributed by atoms with E-state index in [0.717, 1.165) is 16.1 Å². The molecule has 1 aliphatic heterocycles. The number of amides is 1. The highest BCUT2D eigenvalue weighted by molar-refractivity contribution is 7.15. The molecule has 1 saturated heterocycles. The van der Waals surface area contributed by atoms with E-state index in [2.05, 4.69) is 26.7 Å². The summed E-state index contributed by atoms with van der Waals surface area (Å²) in [5.41, 5.74) is 10.8. The Morgan fingerprint density at radius 3 is 2.67 bits per heavy atom. The van der Waals surface area contributed by atoms with Gasteiger partial charge in [-0.3, -0.25) is 4.79 Å². The van der Waals surface area contributed by atoms with Crippen molar-refractivity contribution in [3.05, 3.63) is 46.5 Å². The molecule has 1 aromatic carbocycles. The molecule has 0 spiro atoms. The van der Waals surface area contributed by atoms with E-state index in [-0.39, 0.29) is 11.9 Å². The zero-order valence-corrected chi connectivity index (χ0v) is 12.6. The van der Waals surface area contributed by atoms with Crippen molar-refractivity contribution in [3.63, 3.8) is 0 Å². The van der Waals surface area contributed by atoms with Crippen LogP contribution in [0.15, 0.2) is 30.3 Å². The van der Waals surface area contributed by atoms with E-state index in [1.54, 1.807) is 0 Å². The Morgan fingerprint density at radius 2 is 2.00 bits per heavy atom. The standard InChI is InChI=1S/C14H17N5OS/c1-8-9(2)21-14(15-8)16-13(20)12-11(17-19-18-12)10-6-4-3-5-7-10/h3-7,11-12,17-19H,1-2H3,(H,15,16,20). The number of aryl methyl sites for hydroxylation is 2. The molecule has 2 unspecified atom stereocenters. The number of aromatic nitrogens is 1. The van der Waals surface area contributed by atoms with Crippen molar-refractivity contribution in [3.8, 4) is 0 Å². The second-order valence-corrected chi connectivity index (χ2v) is 6.13. The van der Waals surface area contributed by atoms with Gasteiger partial charge in [-0.25, -0.2) is 15.8 Å². The van der Waals surface area contributed by atoms with Crippen LogP contribution in [0.4, 0.5) is 5.13 Å². The lowest BCUT2D eigenvalue weighted by Crippen LogP contribution is -2.41. The molecule has 1 aliphatic rings. The maximum Gasteiger partial charge on any atom is 0.246 e. The van der Waals surface area contributed by atoms with Gasteiger partial charge in [0, 0.05) is 4.88 Å². The molecule has 0 aliphatic carbocycles. The van der Waals surface area contributed by atoms with Gasteiger partial charge >= 0.3 is 0 Å². The molecule has 2 aromatic rings. The van der Waals surface area contributed by atoms with E-state index in [0.29, 0.717) is 5.13 Å². The summed E-state index contributed by atoms with van der Waals surface area (Å²) >= 11 is 1.49. The van der Waals surface area contributed by atoms with E-state index in [1.165, 1.54) is 11.3 Å². The van der Waals surface area contributed by atoms with Gasteiger partial charge in [-0.2, -0.15) is 5.53 Å². The summed E-state index contributed by atoms with van der Waals surface area (Å²) in [4.78, 5) is 17.9. The first-order valence-corrected chi connectivity index (χ1v) is 7.52. The van der Waals surface area contributed by atoms with Crippen LogP contribution in [0.25, 0.3) is 0 Å². The fourth-order valence-corrected chi connectivity index (χ4v) is 3.04. The molecule has 3 rings (SSSR count). The van der Waals surface area contributed by atoms with Gasteiger partial charge in [-0.1, -0.05) is 30.3 Å². The van der Waals surface area contributed by atoms with Gasteiger partial charge in [0.15, 0.2) is 5.13 Å². The van der Waals surface area contributed by atoms with Crippen molar-refractivity contribution in [2.45, 2.75) is 25.9 Å². The normalized spacial score (nSPS) is 21.4. The Morgan fingerprint density at radius 1 is 1.24 bits per heavy atom. The highest BCUT2D eigenvalue weighted by Crippen LogP contribution is 2.23. The molecule has 0 radical (unpaired) electrons. The van der Waals surface area contributed by atoms with Gasteiger partial charge < -0.3 is 5.32 Å². The van der Waals surface area contributed by atoms with Gasteiger partial charge in [0.05, 0.1) is 11.7 Å². The number of rotatable bonds is 3. The molecule has 21 heavy (non-hydrogen) atoms. The van der Waals surface area contributed by atoms with Crippen LogP contribution in [0.1, 0.15) is 22.2 Å². The second-order valence-electron chi connectivity index (χ2n) is 4.93. The zero-order chi connectivity index (χ0) is 14.8. The summed E-state index contributed by atoms with van der Waals surface area (Å²) in [5, 5.41) is 3.51. The van der Waals surface area contributed by atoms with Crippen molar-refractivity contribution in [2.75, 3.05) is 5.32 Å². The van der Waals surface area contributed by atoms with Crippen LogP contribution in [0, 0.1) is 13.8 Å². The third-order valence-corrected chi connectivity index (χ3v) is 4.48. The predicted molar refractivity (Wildman–Crippen MR) is 82.6 cm³/mol. The van der Waals surface area contributed by atoms with Crippen LogP contribution in [0.2, 0.25) is 0 Å². The molecule has 1 amide bonds. The van der Waals surface area contributed by atoms with Gasteiger partial charge in [-0.05, 0) is 19.4 Å². The molecule has 7 heteroatoms. The SMILES string of the molecule is Cc1nc(NC(=O)C2NNNC2c2ccccc2)sc1C. The minimum atomic E-state index is -0.406. The van der Waals surface area contributed by atoms with E-state index in [9.17, 15) is 4.79 Å². The summed E-state index contributed by atoms with van der Waals surface area (Å²) in [6, 6.07) is 9.31. The smallest absolute Gasteiger partial charge is 0.246 e. The topological polar surface area (TPSA) is 78.1 Å². The number of nitrogens with one attached hydrogen (secondary N) is 4. The van der Waals surface area contributed by atoms with Crippen molar-refractivity contribution in [1.82, 2.24) is 21.4 Å². The summed E-state index contributed by atoms with van der Waals surface area (Å²) in [5.74, 6) is -0.116. The monoisotopic (exact) mass is 303 g/mol. The van der Waals surface area contributed by atoms with Gasteiger partial charge in [-0.15, -0.1) is 11.3 Å². The first kappa shape index (κ1) is 14.2. The maximum absolute atomic E-state index is 12.4. The first-order valence-electron chi connectivity index (χ1n) is 6.71. The number of hydrazine groups is 2. The van der Waals surface area contributed by atoms with Crippen molar-refractivity contribution in [2.24, 2.45) is 0 Å². The van der Waals surface area contributed by atoms with Crippen LogP contribution in [0.3, 0.4) is 0 Å². The van der Waals surface area contributed by atoms with E-state index in [1.807, 2.05) is 44.2 Å². The molecule has 2 heterocycles. The molecule has 2 atom stereocenters. The van der Waals surface area contributed by atoms with Gasteiger partial charge in [0.1, 0.15) is 6.04 Å². The fourth-order valence-electron chi connectivity index (χ4n) is 2.23. The quantitative estimate of drug-likeness (QED) is 0.690. The number of benzene rings is 1. The summed E-state index contributed by atoms with van der Waals surface area (Å²) in [7, 11) is 0. The van der Waals surface area contributed by atoms with Crippen LogP contribution in [0.5, 0.6) is 0 Å². The number of nitrogens with zero attached hydrogens (tertiary/aromatic N) is 1. The lowest BCUT2D eigenvalue weighted by Gasteiger charge is -2.17. The molecule has 1 fully saturated rings. The molecule has 1 aromatic heterocycles. The molecule has 0 saturated carbocycles. The lowest BCUT2D eigenvalue weighted by atomic mass is 10.0. The van der Waals surface area contributed by atoms with Crippen molar-refractivity contribution < 1.29 is 4.79 Å². The third kappa shape index (κ3) is 2.96. The van der Waals surface area contributed by atoms with Crippen LogP contribution in [-0.4, -0.2) is 16.9 Å². The molecule has 6 nitrogen and oxygen atoms in total. The minimum absolute atomic E-state index is 0.116.